The Kier molecular flexibility index (Phi) is 7.61. The molecule has 2 nitrogen and oxygen atoms in total. The van der Waals surface area contributed by atoms with Crippen molar-refractivity contribution in [3.63, 3.8) is 0 Å². The van der Waals surface area contributed by atoms with Gasteiger partial charge in [-0.05, 0) is 45.8 Å². The number of nitrogens with zero attached hydrogens (tertiary/aromatic N) is 1. The molecule has 0 aliphatic rings. The second-order valence-electron chi connectivity index (χ2n) is 6.52. The highest BCUT2D eigenvalue weighted by Crippen LogP contribution is 2.14. The Balaban J connectivity index is 4.37. The Morgan fingerprint density at radius 3 is 1.82 bits per heavy atom. The van der Waals surface area contributed by atoms with Gasteiger partial charge in [-0.1, -0.05) is 33.9 Å². The fourth-order valence-corrected chi connectivity index (χ4v) is 4.59. The van der Waals surface area contributed by atoms with E-state index in [2.05, 4.69) is 57.6 Å². The minimum absolute atomic E-state index is 0.246. The van der Waals surface area contributed by atoms with Crippen molar-refractivity contribution in [2.75, 3.05) is 19.6 Å². The smallest absolute Gasteiger partial charge is 0.119 e. The van der Waals surface area contributed by atoms with Crippen LogP contribution in [0.1, 0.15) is 47.5 Å². The summed E-state index contributed by atoms with van der Waals surface area (Å²) in [6, 6.07) is 1.30. The number of rotatable bonds is 9. The molecule has 0 amide bonds. The van der Waals surface area contributed by atoms with Crippen LogP contribution in [0.4, 0.5) is 0 Å². The minimum Gasteiger partial charge on any atom is -0.331 e. The van der Waals surface area contributed by atoms with Crippen molar-refractivity contribution in [3.05, 3.63) is 0 Å². The highest BCUT2D eigenvalue weighted by atomic mass is 28.3. The lowest BCUT2D eigenvalue weighted by atomic mass is 10.1. The van der Waals surface area contributed by atoms with Gasteiger partial charge in [0.15, 0.2) is 0 Å². The van der Waals surface area contributed by atoms with Crippen LogP contribution in [-0.4, -0.2) is 38.3 Å². The van der Waals surface area contributed by atoms with Gasteiger partial charge >= 0.3 is 0 Å². The van der Waals surface area contributed by atoms with E-state index in [-0.39, 0.29) is 5.54 Å². The lowest BCUT2D eigenvalue weighted by molar-refractivity contribution is 0.215. The molecule has 0 bridgehead atoms. The average Bonchev–Trinajstić information content (AvgIpc) is 2.16. The van der Waals surface area contributed by atoms with E-state index in [4.69, 9.17) is 0 Å². The first-order valence-electron chi connectivity index (χ1n) is 7.28. The molecule has 0 saturated heterocycles. The maximum atomic E-state index is 3.93. The molecule has 0 atom stereocenters. The van der Waals surface area contributed by atoms with Crippen LogP contribution >= 0.6 is 0 Å². The van der Waals surface area contributed by atoms with Crippen molar-refractivity contribution in [2.45, 2.75) is 72.1 Å². The summed E-state index contributed by atoms with van der Waals surface area (Å²) < 4.78 is 0. The summed E-state index contributed by atoms with van der Waals surface area (Å²) >= 11 is 0. The molecule has 0 radical (unpaired) electrons. The molecular weight excluding hydrogens is 224 g/mol. The topological polar surface area (TPSA) is 15.3 Å². The number of hydrogen-bond donors (Lipinski definition) is 1. The molecule has 17 heavy (non-hydrogen) atoms. The third-order valence-electron chi connectivity index (χ3n) is 3.26. The summed E-state index contributed by atoms with van der Waals surface area (Å²) in [4.78, 5) is 6.53. The van der Waals surface area contributed by atoms with Crippen LogP contribution in [0.3, 0.4) is 0 Å². The molecule has 1 N–H and O–H groups in total. The zero-order valence-electron chi connectivity index (χ0n) is 13.2. The lowest BCUT2D eigenvalue weighted by Crippen LogP contribution is -2.59. The van der Waals surface area contributed by atoms with Crippen LogP contribution in [0.2, 0.25) is 19.1 Å². The van der Waals surface area contributed by atoms with Crippen LogP contribution in [0.25, 0.3) is 0 Å². The van der Waals surface area contributed by atoms with Crippen molar-refractivity contribution < 1.29 is 0 Å². The third kappa shape index (κ3) is 7.95. The van der Waals surface area contributed by atoms with Gasteiger partial charge in [-0.2, -0.15) is 0 Å². The first-order valence-corrected chi connectivity index (χ1v) is 10.5. The van der Waals surface area contributed by atoms with Gasteiger partial charge in [-0.25, -0.2) is 0 Å². The van der Waals surface area contributed by atoms with Crippen LogP contribution in [0.15, 0.2) is 0 Å². The van der Waals surface area contributed by atoms with E-state index in [1.54, 1.807) is 0 Å². The predicted octanol–water partition coefficient (Wildman–Crippen LogP) is 3.70. The molecule has 0 aromatic rings. The maximum absolute atomic E-state index is 3.93. The molecule has 3 heteroatoms. The second-order valence-corrected chi connectivity index (χ2v) is 11.2. The Morgan fingerprint density at radius 1 is 1.00 bits per heavy atom. The van der Waals surface area contributed by atoms with Gasteiger partial charge in [0.1, 0.15) is 8.24 Å². The molecule has 0 spiro atoms. The summed E-state index contributed by atoms with van der Waals surface area (Å²) in [5.74, 6) is 0. The van der Waals surface area contributed by atoms with Crippen LogP contribution in [0, 0.1) is 0 Å². The molecule has 0 aromatic heterocycles. The van der Waals surface area contributed by atoms with Crippen molar-refractivity contribution in [1.82, 2.24) is 9.88 Å². The SMILES string of the molecule is CCCN(CCC)CC(C)(C)N[Si](C)(C)CC. The zero-order chi connectivity index (χ0) is 13.5. The summed E-state index contributed by atoms with van der Waals surface area (Å²) in [5.41, 5.74) is 0.246. The van der Waals surface area contributed by atoms with Crippen LogP contribution in [0.5, 0.6) is 0 Å². The van der Waals surface area contributed by atoms with Gasteiger partial charge in [-0.15, -0.1) is 0 Å². The van der Waals surface area contributed by atoms with E-state index < -0.39 is 8.24 Å². The van der Waals surface area contributed by atoms with Crippen molar-refractivity contribution in [3.8, 4) is 0 Å². The first kappa shape index (κ1) is 17.1. The highest BCUT2D eigenvalue weighted by molar-refractivity contribution is 6.75. The Morgan fingerprint density at radius 2 is 1.47 bits per heavy atom. The van der Waals surface area contributed by atoms with Gasteiger partial charge in [-0.3, -0.25) is 0 Å². The second kappa shape index (κ2) is 7.55. The van der Waals surface area contributed by atoms with Crippen LogP contribution < -0.4 is 4.98 Å². The highest BCUT2D eigenvalue weighted by Gasteiger charge is 2.29. The van der Waals surface area contributed by atoms with E-state index in [1.165, 1.54) is 38.5 Å². The van der Waals surface area contributed by atoms with E-state index in [9.17, 15) is 0 Å². The lowest BCUT2D eigenvalue weighted by Gasteiger charge is -2.39. The molecule has 104 valence electrons. The zero-order valence-corrected chi connectivity index (χ0v) is 14.2. The Hall–Kier alpha value is 0.137. The van der Waals surface area contributed by atoms with Gasteiger partial charge in [0.05, 0.1) is 0 Å². The molecular formula is C14H34N2Si. The standard InChI is InChI=1S/C14H34N2Si/c1-8-11-16(12-9-2)13-14(4,5)15-17(6,7)10-3/h15H,8-13H2,1-7H3. The monoisotopic (exact) mass is 258 g/mol. The van der Waals surface area contributed by atoms with Gasteiger partial charge in [0, 0.05) is 12.1 Å². The molecule has 0 saturated carbocycles. The number of nitrogens with one attached hydrogen (secondary N) is 1. The molecule has 0 aliphatic heterocycles. The fraction of sp³-hybridized carbons (Fsp3) is 1.00. The summed E-state index contributed by atoms with van der Waals surface area (Å²) in [5, 5.41) is 0. The molecule has 0 aliphatic carbocycles. The average molecular weight is 259 g/mol. The van der Waals surface area contributed by atoms with Crippen molar-refractivity contribution in [1.29, 1.82) is 0 Å². The molecule has 0 rings (SSSR count). The molecule has 0 unspecified atom stereocenters. The minimum atomic E-state index is -1.20. The third-order valence-corrected chi connectivity index (χ3v) is 6.38. The first-order chi connectivity index (χ1) is 7.76. The van der Waals surface area contributed by atoms with E-state index in [0.29, 0.717) is 0 Å². The van der Waals surface area contributed by atoms with E-state index in [1.807, 2.05) is 0 Å². The van der Waals surface area contributed by atoms with Gasteiger partial charge < -0.3 is 9.88 Å². The molecule has 0 aromatic carbocycles. The normalized spacial score (nSPS) is 13.4. The maximum Gasteiger partial charge on any atom is 0.119 e. The fourth-order valence-electron chi connectivity index (χ4n) is 2.51. The number of hydrogen-bond acceptors (Lipinski definition) is 2. The van der Waals surface area contributed by atoms with Gasteiger partial charge in [0.2, 0.25) is 0 Å². The predicted molar refractivity (Wildman–Crippen MR) is 82.2 cm³/mol. The van der Waals surface area contributed by atoms with Gasteiger partial charge in [0.25, 0.3) is 0 Å². The van der Waals surface area contributed by atoms with E-state index in [0.717, 1.165) is 0 Å². The summed E-state index contributed by atoms with van der Waals surface area (Å²) in [7, 11) is -1.20. The quantitative estimate of drug-likeness (QED) is 0.634. The Labute approximate surface area is 110 Å². The largest absolute Gasteiger partial charge is 0.331 e. The summed E-state index contributed by atoms with van der Waals surface area (Å²) in [6.07, 6.45) is 2.51. The summed E-state index contributed by atoms with van der Waals surface area (Å²) in [6.45, 7) is 20.1. The molecule has 0 fully saturated rings. The molecule has 0 heterocycles. The van der Waals surface area contributed by atoms with E-state index >= 15 is 0 Å². The Bertz CT molecular complexity index is 196. The van der Waals surface area contributed by atoms with Crippen LogP contribution in [-0.2, 0) is 0 Å². The van der Waals surface area contributed by atoms with Crippen molar-refractivity contribution in [2.24, 2.45) is 0 Å². The van der Waals surface area contributed by atoms with Crippen molar-refractivity contribution >= 4 is 8.24 Å².